The fraction of sp³-hybridized carbons (Fsp3) is 0.125. The minimum absolute atomic E-state index is 0.525. The standard InChI is InChI=1S/C16H14N4O/c1-17-15-6-5-14-13-4-3-12(20-8-2-7-18-20)9-11(13)10-21-16(14)19-15/h2-9H,10H2,1H3,(H,17,19). The van der Waals surface area contributed by atoms with Gasteiger partial charge in [0, 0.05) is 25.0 Å². The van der Waals surface area contributed by atoms with Gasteiger partial charge in [0.25, 0.3) is 0 Å². The zero-order valence-corrected chi connectivity index (χ0v) is 11.6. The van der Waals surface area contributed by atoms with Crippen molar-refractivity contribution >= 4 is 5.82 Å². The number of aromatic nitrogens is 3. The van der Waals surface area contributed by atoms with Gasteiger partial charge >= 0.3 is 0 Å². The van der Waals surface area contributed by atoms with Gasteiger partial charge < -0.3 is 10.1 Å². The monoisotopic (exact) mass is 278 g/mol. The van der Waals surface area contributed by atoms with E-state index in [1.807, 2.05) is 36.1 Å². The van der Waals surface area contributed by atoms with Gasteiger partial charge in [-0.1, -0.05) is 6.07 Å². The molecule has 4 rings (SSSR count). The lowest BCUT2D eigenvalue weighted by Gasteiger charge is -2.21. The molecule has 1 N–H and O–H groups in total. The normalized spacial score (nSPS) is 12.2. The van der Waals surface area contributed by atoms with Crippen LogP contribution in [-0.4, -0.2) is 21.8 Å². The quantitative estimate of drug-likeness (QED) is 0.783. The van der Waals surface area contributed by atoms with Crippen molar-refractivity contribution in [1.82, 2.24) is 14.8 Å². The molecule has 0 spiro atoms. The third-order valence-corrected chi connectivity index (χ3v) is 3.63. The topological polar surface area (TPSA) is 52.0 Å². The van der Waals surface area contributed by atoms with Gasteiger partial charge in [-0.3, -0.25) is 0 Å². The number of nitrogens with one attached hydrogen (secondary N) is 1. The van der Waals surface area contributed by atoms with Crippen LogP contribution in [0.1, 0.15) is 5.56 Å². The highest BCUT2D eigenvalue weighted by molar-refractivity contribution is 5.75. The van der Waals surface area contributed by atoms with Gasteiger partial charge in [0.15, 0.2) is 0 Å². The maximum atomic E-state index is 5.78. The summed E-state index contributed by atoms with van der Waals surface area (Å²) < 4.78 is 7.63. The molecule has 1 aromatic carbocycles. The van der Waals surface area contributed by atoms with E-state index in [2.05, 4.69) is 33.6 Å². The molecule has 0 saturated carbocycles. The van der Waals surface area contributed by atoms with Crippen LogP contribution in [0.3, 0.4) is 0 Å². The third kappa shape index (κ3) is 1.94. The Morgan fingerprint density at radius 3 is 2.90 bits per heavy atom. The third-order valence-electron chi connectivity index (χ3n) is 3.63. The second kappa shape index (κ2) is 4.63. The molecule has 3 aromatic rings. The van der Waals surface area contributed by atoms with Gasteiger partial charge in [-0.15, -0.1) is 0 Å². The van der Waals surface area contributed by atoms with E-state index in [1.54, 1.807) is 6.20 Å². The van der Waals surface area contributed by atoms with Crippen molar-refractivity contribution < 1.29 is 4.74 Å². The van der Waals surface area contributed by atoms with E-state index in [1.165, 1.54) is 5.56 Å². The largest absolute Gasteiger partial charge is 0.472 e. The Morgan fingerprint density at radius 2 is 2.10 bits per heavy atom. The molecule has 3 heterocycles. The number of ether oxygens (including phenoxy) is 1. The van der Waals surface area contributed by atoms with Crippen molar-refractivity contribution in [3.63, 3.8) is 0 Å². The van der Waals surface area contributed by atoms with Crippen LogP contribution in [0.15, 0.2) is 48.8 Å². The summed E-state index contributed by atoms with van der Waals surface area (Å²) in [7, 11) is 1.85. The molecule has 1 aliphatic heterocycles. The molecule has 0 radical (unpaired) electrons. The number of benzene rings is 1. The number of anilines is 1. The van der Waals surface area contributed by atoms with E-state index in [0.717, 1.165) is 22.6 Å². The van der Waals surface area contributed by atoms with Crippen LogP contribution in [0.25, 0.3) is 16.8 Å². The molecule has 104 valence electrons. The molecule has 0 bridgehead atoms. The van der Waals surface area contributed by atoms with E-state index in [9.17, 15) is 0 Å². The zero-order valence-electron chi connectivity index (χ0n) is 11.6. The van der Waals surface area contributed by atoms with E-state index < -0.39 is 0 Å². The number of pyridine rings is 1. The summed E-state index contributed by atoms with van der Waals surface area (Å²) in [5.74, 6) is 1.49. The molecular formula is C16H14N4O. The van der Waals surface area contributed by atoms with Crippen molar-refractivity contribution in [2.24, 2.45) is 0 Å². The van der Waals surface area contributed by atoms with Crippen LogP contribution in [0.2, 0.25) is 0 Å². The van der Waals surface area contributed by atoms with Gasteiger partial charge in [0.05, 0.1) is 5.69 Å². The second-order valence-electron chi connectivity index (χ2n) is 4.88. The van der Waals surface area contributed by atoms with Crippen molar-refractivity contribution in [1.29, 1.82) is 0 Å². The number of nitrogens with zero attached hydrogens (tertiary/aromatic N) is 3. The van der Waals surface area contributed by atoms with E-state index in [4.69, 9.17) is 4.74 Å². The molecule has 21 heavy (non-hydrogen) atoms. The highest BCUT2D eigenvalue weighted by Crippen LogP contribution is 2.37. The van der Waals surface area contributed by atoms with Gasteiger partial charge in [0.1, 0.15) is 12.4 Å². The average molecular weight is 278 g/mol. The van der Waals surface area contributed by atoms with Gasteiger partial charge in [-0.2, -0.15) is 10.1 Å². The van der Waals surface area contributed by atoms with Crippen LogP contribution in [0.5, 0.6) is 5.88 Å². The molecule has 0 fully saturated rings. The molecule has 0 atom stereocenters. The lowest BCUT2D eigenvalue weighted by atomic mass is 9.98. The Kier molecular flexibility index (Phi) is 2.64. The zero-order chi connectivity index (χ0) is 14.2. The van der Waals surface area contributed by atoms with Crippen molar-refractivity contribution in [3.8, 4) is 22.7 Å². The first-order chi connectivity index (χ1) is 10.3. The molecule has 5 nitrogen and oxygen atoms in total. The SMILES string of the molecule is CNc1ccc2c(n1)OCc1cc(-n3cccn3)ccc1-2. The fourth-order valence-electron chi connectivity index (χ4n) is 2.57. The Hall–Kier alpha value is -2.82. The van der Waals surface area contributed by atoms with Gasteiger partial charge in [0.2, 0.25) is 5.88 Å². The van der Waals surface area contributed by atoms with Crippen LogP contribution < -0.4 is 10.1 Å². The van der Waals surface area contributed by atoms with Crippen LogP contribution in [-0.2, 0) is 6.61 Å². The van der Waals surface area contributed by atoms with E-state index >= 15 is 0 Å². The predicted octanol–water partition coefficient (Wildman–Crippen LogP) is 2.87. The van der Waals surface area contributed by atoms with E-state index in [0.29, 0.717) is 12.5 Å². The summed E-state index contributed by atoms with van der Waals surface area (Å²) in [5.41, 5.74) is 4.38. The summed E-state index contributed by atoms with van der Waals surface area (Å²) in [4.78, 5) is 4.45. The first kappa shape index (κ1) is 12.0. The summed E-state index contributed by atoms with van der Waals surface area (Å²) in [5, 5.41) is 7.28. The first-order valence-electron chi connectivity index (χ1n) is 6.80. The molecule has 1 aliphatic rings. The summed E-state index contributed by atoms with van der Waals surface area (Å²) in [6.45, 7) is 0.525. The van der Waals surface area contributed by atoms with Crippen LogP contribution >= 0.6 is 0 Å². The fourth-order valence-corrected chi connectivity index (χ4v) is 2.57. The molecule has 2 aromatic heterocycles. The summed E-state index contributed by atoms with van der Waals surface area (Å²) in [6.07, 6.45) is 3.70. The number of hydrogen-bond acceptors (Lipinski definition) is 4. The summed E-state index contributed by atoms with van der Waals surface area (Å²) in [6, 6.07) is 12.2. The minimum Gasteiger partial charge on any atom is -0.472 e. The highest BCUT2D eigenvalue weighted by Gasteiger charge is 2.19. The van der Waals surface area contributed by atoms with Crippen molar-refractivity contribution in [2.75, 3.05) is 12.4 Å². The second-order valence-corrected chi connectivity index (χ2v) is 4.88. The molecule has 5 heteroatoms. The molecule has 0 amide bonds. The van der Waals surface area contributed by atoms with Crippen LogP contribution in [0, 0.1) is 0 Å². The van der Waals surface area contributed by atoms with Crippen LogP contribution in [0.4, 0.5) is 5.82 Å². The smallest absolute Gasteiger partial charge is 0.223 e. The van der Waals surface area contributed by atoms with Gasteiger partial charge in [-0.25, -0.2) is 4.68 Å². The predicted molar refractivity (Wildman–Crippen MR) is 80.7 cm³/mol. The maximum absolute atomic E-state index is 5.78. The summed E-state index contributed by atoms with van der Waals surface area (Å²) >= 11 is 0. The lowest BCUT2D eigenvalue weighted by Crippen LogP contribution is -2.09. The first-order valence-corrected chi connectivity index (χ1v) is 6.80. The maximum Gasteiger partial charge on any atom is 0.223 e. The molecule has 0 aliphatic carbocycles. The highest BCUT2D eigenvalue weighted by atomic mass is 16.5. The van der Waals surface area contributed by atoms with E-state index in [-0.39, 0.29) is 0 Å². The van der Waals surface area contributed by atoms with Crippen molar-refractivity contribution in [2.45, 2.75) is 6.61 Å². The number of fused-ring (bicyclic) bond motifs is 3. The van der Waals surface area contributed by atoms with Crippen molar-refractivity contribution in [3.05, 3.63) is 54.4 Å². The Morgan fingerprint density at radius 1 is 1.19 bits per heavy atom. The minimum atomic E-state index is 0.525. The molecule has 0 unspecified atom stereocenters. The Labute approximate surface area is 122 Å². The van der Waals surface area contributed by atoms with Gasteiger partial charge in [-0.05, 0) is 41.5 Å². The Bertz CT molecular complexity index is 796. The average Bonchev–Trinajstić information content (AvgIpc) is 3.08. The molecule has 0 saturated heterocycles. The lowest BCUT2D eigenvalue weighted by molar-refractivity contribution is 0.290. The Balaban J connectivity index is 1.81. The molecular weight excluding hydrogens is 264 g/mol. The number of hydrogen-bond donors (Lipinski definition) is 1. The number of rotatable bonds is 2.